The van der Waals surface area contributed by atoms with Crippen molar-refractivity contribution in [1.82, 2.24) is 15.4 Å². The van der Waals surface area contributed by atoms with Gasteiger partial charge in [0.25, 0.3) is 0 Å². The Labute approximate surface area is 121 Å². The number of allylic oxidation sites excluding steroid dienone is 2. The van der Waals surface area contributed by atoms with Gasteiger partial charge in [-0.05, 0) is 48.4 Å². The topological polar surface area (TPSA) is 58.6 Å². The molecule has 2 unspecified atom stereocenters. The van der Waals surface area contributed by atoms with Crippen molar-refractivity contribution in [2.24, 2.45) is 11.3 Å². The van der Waals surface area contributed by atoms with Crippen LogP contribution in [0.2, 0.25) is 0 Å². The third kappa shape index (κ3) is 1.16. The van der Waals surface area contributed by atoms with E-state index >= 15 is 0 Å². The van der Waals surface area contributed by atoms with Gasteiger partial charge in [0.05, 0.1) is 11.1 Å². The second-order valence-corrected chi connectivity index (χ2v) is 6.46. The van der Waals surface area contributed by atoms with Crippen LogP contribution in [0.25, 0.3) is 16.6 Å². The Morgan fingerprint density at radius 1 is 1.43 bits per heavy atom. The molecule has 1 spiro atoms. The quantitative estimate of drug-likeness (QED) is 0.750. The van der Waals surface area contributed by atoms with Gasteiger partial charge >= 0.3 is 0 Å². The zero-order chi connectivity index (χ0) is 14.2. The van der Waals surface area contributed by atoms with Crippen LogP contribution in [0.15, 0.2) is 17.7 Å². The molecular formula is C17H13N3O. The number of nitrogens with zero attached hydrogens (tertiary/aromatic N) is 2. The third-order valence-electron chi connectivity index (χ3n) is 5.54. The maximum absolute atomic E-state index is 12.5. The first-order valence-electron chi connectivity index (χ1n) is 7.32. The van der Waals surface area contributed by atoms with Crippen molar-refractivity contribution in [3.63, 3.8) is 0 Å². The fourth-order valence-electron chi connectivity index (χ4n) is 4.70. The maximum Gasteiger partial charge on any atom is 0.174 e. The van der Waals surface area contributed by atoms with Crippen molar-refractivity contribution in [2.45, 2.75) is 25.7 Å². The van der Waals surface area contributed by atoms with Gasteiger partial charge in [-0.15, -0.1) is 11.5 Å². The SMILES string of the molecule is C#CC1=C2c3ccc4[nH]nnc4c3CC23CCC(C3)C1=O. The molecule has 1 N–H and O–H groups in total. The van der Waals surface area contributed by atoms with Gasteiger partial charge in [-0.25, -0.2) is 0 Å². The summed E-state index contributed by atoms with van der Waals surface area (Å²) in [5.74, 6) is 2.99. The predicted octanol–water partition coefficient (Wildman–Crippen LogP) is 2.27. The van der Waals surface area contributed by atoms with Crippen molar-refractivity contribution < 1.29 is 4.79 Å². The Kier molecular flexibility index (Phi) is 1.84. The number of hydrogen-bond donors (Lipinski definition) is 1. The molecule has 102 valence electrons. The van der Waals surface area contributed by atoms with Crippen LogP contribution in [0.3, 0.4) is 0 Å². The number of benzene rings is 1. The van der Waals surface area contributed by atoms with E-state index in [0.29, 0.717) is 5.57 Å². The molecule has 0 saturated heterocycles. The predicted molar refractivity (Wildman–Crippen MR) is 78.1 cm³/mol. The monoisotopic (exact) mass is 275 g/mol. The van der Waals surface area contributed by atoms with E-state index in [2.05, 4.69) is 27.4 Å². The molecule has 1 aromatic carbocycles. The Balaban J connectivity index is 1.90. The zero-order valence-electron chi connectivity index (χ0n) is 11.4. The highest BCUT2D eigenvalue weighted by atomic mass is 16.1. The summed E-state index contributed by atoms with van der Waals surface area (Å²) >= 11 is 0. The second kappa shape index (κ2) is 3.43. The molecule has 1 fully saturated rings. The minimum Gasteiger partial charge on any atom is -0.293 e. The van der Waals surface area contributed by atoms with Gasteiger partial charge < -0.3 is 0 Å². The van der Waals surface area contributed by atoms with E-state index in [1.165, 1.54) is 5.56 Å². The molecule has 21 heavy (non-hydrogen) atoms. The molecule has 4 nitrogen and oxygen atoms in total. The maximum atomic E-state index is 12.5. The molecular weight excluding hydrogens is 262 g/mol. The first-order valence-corrected chi connectivity index (χ1v) is 7.32. The van der Waals surface area contributed by atoms with E-state index in [-0.39, 0.29) is 17.1 Å². The molecule has 2 bridgehead atoms. The van der Waals surface area contributed by atoms with E-state index in [4.69, 9.17) is 6.42 Å². The smallest absolute Gasteiger partial charge is 0.174 e. The fourth-order valence-corrected chi connectivity index (χ4v) is 4.70. The van der Waals surface area contributed by atoms with Crippen molar-refractivity contribution >= 4 is 22.4 Å². The highest BCUT2D eigenvalue weighted by Gasteiger charge is 2.54. The number of rotatable bonds is 0. The fraction of sp³-hybridized carbons (Fsp3) is 0.353. The lowest BCUT2D eigenvalue weighted by Gasteiger charge is -2.30. The first kappa shape index (κ1) is 11.3. The van der Waals surface area contributed by atoms with E-state index < -0.39 is 0 Å². The number of nitrogens with one attached hydrogen (secondary N) is 1. The Morgan fingerprint density at radius 2 is 2.33 bits per heavy atom. The van der Waals surface area contributed by atoms with Crippen molar-refractivity contribution in [3.8, 4) is 12.3 Å². The highest BCUT2D eigenvalue weighted by Crippen LogP contribution is 2.62. The third-order valence-corrected chi connectivity index (χ3v) is 5.54. The van der Waals surface area contributed by atoms with Crippen molar-refractivity contribution in [2.75, 3.05) is 0 Å². The summed E-state index contributed by atoms with van der Waals surface area (Å²) in [4.78, 5) is 12.5. The number of hydrogen-bond acceptors (Lipinski definition) is 3. The molecule has 0 aliphatic heterocycles. The number of carbonyl (C=O) groups excluding carboxylic acids is 1. The van der Waals surface area contributed by atoms with E-state index in [1.54, 1.807) is 0 Å². The molecule has 2 aromatic rings. The second-order valence-electron chi connectivity index (χ2n) is 6.46. The van der Waals surface area contributed by atoms with E-state index in [0.717, 1.165) is 47.9 Å². The Hall–Kier alpha value is -2.41. The number of carbonyl (C=O) groups is 1. The number of H-pyrrole nitrogens is 1. The molecule has 3 aliphatic rings. The summed E-state index contributed by atoms with van der Waals surface area (Å²) in [6.45, 7) is 0. The standard InChI is InChI=1S/C17H13N3O/c1-2-10-14-11-3-4-13-15(19-20-18-13)12(11)8-17(14)6-5-9(7-17)16(10)21/h1,3-4,9H,5-8H2,(H,18,19,20). The lowest BCUT2D eigenvalue weighted by Crippen LogP contribution is -2.27. The number of fused-ring (bicyclic) bond motifs is 5. The average molecular weight is 275 g/mol. The zero-order valence-corrected chi connectivity index (χ0v) is 11.4. The van der Waals surface area contributed by atoms with Gasteiger partial charge in [-0.3, -0.25) is 9.89 Å². The molecule has 4 heteroatoms. The molecule has 0 amide bonds. The molecule has 3 aliphatic carbocycles. The Bertz CT molecular complexity index is 898. The number of aromatic amines is 1. The van der Waals surface area contributed by atoms with Gasteiger partial charge in [0, 0.05) is 11.3 Å². The van der Waals surface area contributed by atoms with Crippen molar-refractivity contribution in [1.29, 1.82) is 0 Å². The normalized spacial score (nSPS) is 29.7. The average Bonchev–Trinajstić information content (AvgIpc) is 3.17. The van der Waals surface area contributed by atoms with Crippen LogP contribution in [0.1, 0.15) is 30.4 Å². The number of terminal acetylenes is 1. The lowest BCUT2D eigenvalue weighted by atomic mass is 9.71. The first-order chi connectivity index (χ1) is 10.2. The van der Waals surface area contributed by atoms with Gasteiger partial charge in [0.15, 0.2) is 5.78 Å². The molecule has 1 saturated carbocycles. The van der Waals surface area contributed by atoms with Gasteiger partial charge in [-0.2, -0.15) is 0 Å². The number of aromatic nitrogens is 3. The minimum atomic E-state index is 0.0653. The van der Waals surface area contributed by atoms with Crippen LogP contribution >= 0.6 is 0 Å². The van der Waals surface area contributed by atoms with E-state index in [9.17, 15) is 4.79 Å². The lowest BCUT2D eigenvalue weighted by molar-refractivity contribution is -0.119. The Morgan fingerprint density at radius 3 is 3.19 bits per heavy atom. The van der Waals surface area contributed by atoms with E-state index in [1.807, 2.05) is 6.07 Å². The van der Waals surface area contributed by atoms with Crippen LogP contribution in [-0.2, 0) is 11.2 Å². The largest absolute Gasteiger partial charge is 0.293 e. The number of ketones is 1. The van der Waals surface area contributed by atoms with Crippen LogP contribution in [-0.4, -0.2) is 21.2 Å². The van der Waals surface area contributed by atoms with Gasteiger partial charge in [-0.1, -0.05) is 17.2 Å². The summed E-state index contributed by atoms with van der Waals surface area (Å²) in [5.41, 5.74) is 6.01. The van der Waals surface area contributed by atoms with Crippen LogP contribution in [0.4, 0.5) is 0 Å². The molecule has 2 atom stereocenters. The van der Waals surface area contributed by atoms with Crippen molar-refractivity contribution in [3.05, 3.63) is 28.8 Å². The summed E-state index contributed by atoms with van der Waals surface area (Å²) in [5, 5.41) is 11.1. The van der Waals surface area contributed by atoms with Crippen LogP contribution < -0.4 is 0 Å². The van der Waals surface area contributed by atoms with Gasteiger partial charge in [0.2, 0.25) is 0 Å². The molecule has 1 aromatic heterocycles. The highest BCUT2D eigenvalue weighted by molar-refractivity contribution is 6.12. The summed E-state index contributed by atoms with van der Waals surface area (Å²) in [6.07, 6.45) is 9.59. The summed E-state index contributed by atoms with van der Waals surface area (Å²) in [6, 6.07) is 4.06. The number of Topliss-reactive ketones (excluding diaryl/α,β-unsaturated/α-hetero) is 1. The minimum absolute atomic E-state index is 0.0653. The van der Waals surface area contributed by atoms with Crippen LogP contribution in [0, 0.1) is 23.7 Å². The summed E-state index contributed by atoms with van der Waals surface area (Å²) < 4.78 is 0. The molecule has 0 radical (unpaired) electrons. The summed E-state index contributed by atoms with van der Waals surface area (Å²) in [7, 11) is 0. The van der Waals surface area contributed by atoms with Crippen LogP contribution in [0.5, 0.6) is 0 Å². The molecule has 1 heterocycles. The van der Waals surface area contributed by atoms with Gasteiger partial charge in [0.1, 0.15) is 5.52 Å². The molecule has 5 rings (SSSR count).